The number of benzene rings is 1. The summed E-state index contributed by atoms with van der Waals surface area (Å²) in [5.74, 6) is -2.80. The molecular weight excluding hydrogens is 391 g/mol. The highest BCUT2D eigenvalue weighted by atomic mass is 19.1. The maximum absolute atomic E-state index is 13.2. The fraction of sp³-hybridized carbons (Fsp3) is 0.571. The Balaban J connectivity index is 2.99. The Morgan fingerprint density at radius 3 is 2.13 bits per heavy atom. The SMILES string of the molecule is CNC[C@H](NC(=O)[C@@H](NC(=O)C(CCN)c1ccc(F)cc1)C(C)O)C(=O)C(C)C. The number of carbonyl (C=O) groups excluding carboxylic acids is 3. The van der Waals surface area contributed by atoms with Gasteiger partial charge in [-0.1, -0.05) is 26.0 Å². The van der Waals surface area contributed by atoms with E-state index in [1.165, 1.54) is 31.2 Å². The highest BCUT2D eigenvalue weighted by Crippen LogP contribution is 2.20. The van der Waals surface area contributed by atoms with Gasteiger partial charge in [-0.25, -0.2) is 4.39 Å². The first kappa shape index (κ1) is 25.7. The largest absolute Gasteiger partial charge is 0.391 e. The van der Waals surface area contributed by atoms with E-state index in [1.54, 1.807) is 20.9 Å². The average Bonchev–Trinajstić information content (AvgIpc) is 2.69. The van der Waals surface area contributed by atoms with Crippen molar-refractivity contribution < 1.29 is 23.9 Å². The van der Waals surface area contributed by atoms with Crippen LogP contribution < -0.4 is 21.7 Å². The van der Waals surface area contributed by atoms with Gasteiger partial charge in [0.2, 0.25) is 11.8 Å². The van der Waals surface area contributed by atoms with Gasteiger partial charge in [-0.05, 0) is 44.6 Å². The normalized spacial score (nSPS) is 15.2. The monoisotopic (exact) mass is 424 g/mol. The number of carbonyl (C=O) groups is 3. The molecule has 30 heavy (non-hydrogen) atoms. The predicted molar refractivity (Wildman–Crippen MR) is 112 cm³/mol. The van der Waals surface area contributed by atoms with Crippen LogP contribution in [0.15, 0.2) is 24.3 Å². The van der Waals surface area contributed by atoms with E-state index in [9.17, 15) is 23.9 Å². The van der Waals surface area contributed by atoms with Crippen molar-refractivity contribution in [3.8, 4) is 0 Å². The molecule has 0 saturated carbocycles. The minimum atomic E-state index is -1.27. The second-order valence-electron chi connectivity index (χ2n) is 7.58. The highest BCUT2D eigenvalue weighted by Gasteiger charge is 2.32. The third-order valence-electron chi connectivity index (χ3n) is 4.74. The van der Waals surface area contributed by atoms with Crippen LogP contribution in [0.4, 0.5) is 4.39 Å². The van der Waals surface area contributed by atoms with Crippen LogP contribution in [-0.2, 0) is 14.4 Å². The zero-order chi connectivity index (χ0) is 22.8. The molecule has 0 fully saturated rings. The summed E-state index contributed by atoms with van der Waals surface area (Å²) in [6.07, 6.45) is -0.926. The van der Waals surface area contributed by atoms with E-state index < -0.39 is 41.7 Å². The maximum Gasteiger partial charge on any atom is 0.245 e. The molecule has 1 aromatic carbocycles. The molecule has 8 nitrogen and oxygen atoms in total. The van der Waals surface area contributed by atoms with Crippen molar-refractivity contribution in [2.24, 2.45) is 11.7 Å². The van der Waals surface area contributed by atoms with E-state index >= 15 is 0 Å². The van der Waals surface area contributed by atoms with E-state index in [0.717, 1.165) is 0 Å². The topological polar surface area (TPSA) is 134 Å². The van der Waals surface area contributed by atoms with Crippen molar-refractivity contribution >= 4 is 17.6 Å². The summed E-state index contributed by atoms with van der Waals surface area (Å²) in [4.78, 5) is 38.0. The number of Topliss-reactive ketones (excluding diaryl/α,β-unsaturated/α-hetero) is 1. The highest BCUT2D eigenvalue weighted by molar-refractivity contribution is 5.94. The summed E-state index contributed by atoms with van der Waals surface area (Å²) in [5, 5.41) is 18.1. The van der Waals surface area contributed by atoms with Crippen LogP contribution in [0.1, 0.15) is 38.7 Å². The molecule has 0 heterocycles. The third kappa shape index (κ3) is 7.47. The van der Waals surface area contributed by atoms with E-state index in [4.69, 9.17) is 5.73 Å². The molecule has 0 aliphatic rings. The lowest BCUT2D eigenvalue weighted by molar-refractivity contribution is -0.134. The number of aliphatic hydroxyl groups is 1. The molecule has 0 aliphatic heterocycles. The van der Waals surface area contributed by atoms with Crippen molar-refractivity contribution in [2.45, 2.75) is 51.3 Å². The van der Waals surface area contributed by atoms with Gasteiger partial charge in [0.15, 0.2) is 5.78 Å². The lowest BCUT2D eigenvalue weighted by Gasteiger charge is -2.27. The van der Waals surface area contributed by atoms with Crippen molar-refractivity contribution in [1.29, 1.82) is 0 Å². The van der Waals surface area contributed by atoms with Gasteiger partial charge >= 0.3 is 0 Å². The molecule has 168 valence electrons. The van der Waals surface area contributed by atoms with Gasteiger partial charge in [0, 0.05) is 12.5 Å². The molecule has 1 aromatic rings. The van der Waals surface area contributed by atoms with Gasteiger partial charge in [0.1, 0.15) is 17.9 Å². The van der Waals surface area contributed by atoms with Crippen LogP contribution in [0.25, 0.3) is 0 Å². The molecule has 0 saturated heterocycles. The zero-order valence-electron chi connectivity index (χ0n) is 17.9. The smallest absolute Gasteiger partial charge is 0.245 e. The number of halogens is 1. The minimum absolute atomic E-state index is 0.166. The Morgan fingerprint density at radius 2 is 1.67 bits per heavy atom. The van der Waals surface area contributed by atoms with Crippen LogP contribution in [0.5, 0.6) is 0 Å². The second-order valence-corrected chi connectivity index (χ2v) is 7.58. The lowest BCUT2D eigenvalue weighted by Crippen LogP contribution is -2.58. The molecule has 0 aliphatic carbocycles. The molecule has 9 heteroatoms. The van der Waals surface area contributed by atoms with Crippen molar-refractivity contribution in [3.05, 3.63) is 35.6 Å². The molecule has 2 amide bonds. The molecule has 0 spiro atoms. The summed E-state index contributed by atoms with van der Waals surface area (Å²) < 4.78 is 13.2. The van der Waals surface area contributed by atoms with E-state index in [-0.39, 0.29) is 31.2 Å². The quantitative estimate of drug-likeness (QED) is 0.322. The van der Waals surface area contributed by atoms with Gasteiger partial charge in [0.25, 0.3) is 0 Å². The summed E-state index contributed by atoms with van der Waals surface area (Å²) in [7, 11) is 1.65. The number of aliphatic hydroxyl groups excluding tert-OH is 1. The fourth-order valence-corrected chi connectivity index (χ4v) is 3.06. The van der Waals surface area contributed by atoms with Gasteiger partial charge in [-0.15, -0.1) is 0 Å². The Hall–Kier alpha value is -2.36. The first-order chi connectivity index (χ1) is 14.1. The summed E-state index contributed by atoms with van der Waals surface area (Å²) in [5.41, 5.74) is 6.17. The average molecular weight is 425 g/mol. The summed E-state index contributed by atoms with van der Waals surface area (Å²) >= 11 is 0. The molecule has 1 rings (SSSR count). The zero-order valence-corrected chi connectivity index (χ0v) is 17.9. The number of likely N-dealkylation sites (N-methyl/N-ethyl adjacent to an activating group) is 1. The van der Waals surface area contributed by atoms with Gasteiger partial charge in [-0.2, -0.15) is 0 Å². The van der Waals surface area contributed by atoms with E-state index in [2.05, 4.69) is 16.0 Å². The van der Waals surface area contributed by atoms with Crippen LogP contribution in [0.3, 0.4) is 0 Å². The van der Waals surface area contributed by atoms with Crippen molar-refractivity contribution in [1.82, 2.24) is 16.0 Å². The molecule has 0 aromatic heterocycles. The van der Waals surface area contributed by atoms with E-state index in [1.807, 2.05) is 0 Å². The summed E-state index contributed by atoms with van der Waals surface area (Å²) in [6, 6.07) is 3.39. The lowest BCUT2D eigenvalue weighted by atomic mass is 9.94. The van der Waals surface area contributed by atoms with Gasteiger partial charge in [-0.3, -0.25) is 14.4 Å². The standard InChI is InChI=1S/C21H33FN4O4/c1-12(2)19(28)17(11-24-4)25-21(30)18(13(3)27)26-20(29)16(9-10-23)14-5-7-15(22)8-6-14/h5-8,12-13,16-18,24,27H,9-11,23H2,1-4H3,(H,25,30)(H,26,29)/t13?,16?,17-,18-/m0/s1. The number of amides is 2. The second kappa shape index (κ2) is 12.4. The maximum atomic E-state index is 13.2. The number of ketones is 1. The number of nitrogens with one attached hydrogen (secondary N) is 3. The minimum Gasteiger partial charge on any atom is -0.391 e. The van der Waals surface area contributed by atoms with Crippen molar-refractivity contribution in [3.63, 3.8) is 0 Å². The van der Waals surface area contributed by atoms with Crippen molar-refractivity contribution in [2.75, 3.05) is 20.1 Å². The van der Waals surface area contributed by atoms with Crippen LogP contribution >= 0.6 is 0 Å². The molecule has 2 unspecified atom stereocenters. The molecule has 0 bridgehead atoms. The summed E-state index contributed by atoms with van der Waals surface area (Å²) in [6.45, 7) is 5.25. The van der Waals surface area contributed by atoms with Gasteiger partial charge < -0.3 is 26.8 Å². The molecular formula is C21H33FN4O4. The Kier molecular flexibility index (Phi) is 10.6. The van der Waals surface area contributed by atoms with Crippen LogP contribution in [0.2, 0.25) is 0 Å². The number of nitrogens with two attached hydrogens (primary N) is 1. The van der Waals surface area contributed by atoms with Crippen LogP contribution in [-0.4, -0.2) is 61.0 Å². The first-order valence-corrected chi connectivity index (χ1v) is 10.0. The molecule has 6 N–H and O–H groups in total. The first-order valence-electron chi connectivity index (χ1n) is 10.0. The predicted octanol–water partition coefficient (Wildman–Crippen LogP) is 0.0530. The Bertz CT molecular complexity index is 709. The molecule has 0 radical (unpaired) electrons. The Morgan fingerprint density at radius 1 is 1.07 bits per heavy atom. The number of rotatable bonds is 12. The Labute approximate surface area is 176 Å². The van der Waals surface area contributed by atoms with Gasteiger partial charge in [0.05, 0.1) is 12.0 Å². The van der Waals surface area contributed by atoms with Crippen LogP contribution in [0, 0.1) is 11.7 Å². The third-order valence-corrected chi connectivity index (χ3v) is 4.74. The molecule has 4 atom stereocenters. The fourth-order valence-electron chi connectivity index (χ4n) is 3.06. The number of hydrogen-bond acceptors (Lipinski definition) is 6. The number of hydrogen-bond donors (Lipinski definition) is 5. The van der Waals surface area contributed by atoms with E-state index in [0.29, 0.717) is 5.56 Å².